The topological polar surface area (TPSA) is 67.2 Å². The van der Waals surface area contributed by atoms with Crippen molar-refractivity contribution in [3.05, 3.63) is 27.1 Å². The van der Waals surface area contributed by atoms with E-state index in [1.54, 1.807) is 22.2 Å². The van der Waals surface area contributed by atoms with Gasteiger partial charge < -0.3 is 10.2 Å². The number of nitrogens with one attached hydrogen (secondary N) is 1. The van der Waals surface area contributed by atoms with Crippen LogP contribution in [0.4, 0.5) is 0 Å². The minimum absolute atomic E-state index is 0. The standard InChI is InChI=1S/C20H26N4O2S.ClH/c25-17(24-13-5-6-14(24)11-21-9-7-13)8-10-23-12-22-19-18(20(23)26)15-3-1-2-4-16(15)27-19;/h12-14,21H,1-11H2;1H. The maximum Gasteiger partial charge on any atom is 0.262 e. The number of carbonyl (C=O) groups excluding carboxylic acids is 1. The Morgan fingerprint density at radius 1 is 1.21 bits per heavy atom. The quantitative estimate of drug-likeness (QED) is 0.825. The van der Waals surface area contributed by atoms with Gasteiger partial charge in [0, 0.05) is 36.5 Å². The van der Waals surface area contributed by atoms with Gasteiger partial charge >= 0.3 is 0 Å². The van der Waals surface area contributed by atoms with Crippen LogP contribution in [0, 0.1) is 0 Å². The van der Waals surface area contributed by atoms with Gasteiger partial charge in [0.1, 0.15) is 4.83 Å². The predicted molar refractivity (Wildman–Crippen MR) is 114 cm³/mol. The largest absolute Gasteiger partial charge is 0.335 e. The van der Waals surface area contributed by atoms with Crippen LogP contribution in [-0.2, 0) is 24.2 Å². The molecule has 5 rings (SSSR count). The molecule has 4 heterocycles. The second kappa shape index (κ2) is 8.13. The van der Waals surface area contributed by atoms with Crippen LogP contribution in [0.5, 0.6) is 0 Å². The molecule has 0 radical (unpaired) electrons. The molecule has 2 bridgehead atoms. The molecule has 2 aliphatic heterocycles. The summed E-state index contributed by atoms with van der Waals surface area (Å²) in [5.41, 5.74) is 1.25. The average Bonchev–Trinajstić information content (AvgIpc) is 3.17. The second-order valence-corrected chi connectivity index (χ2v) is 9.15. The minimum atomic E-state index is 0. The molecule has 0 spiro atoms. The highest BCUT2D eigenvalue weighted by atomic mass is 35.5. The van der Waals surface area contributed by atoms with E-state index in [2.05, 4.69) is 15.2 Å². The maximum atomic E-state index is 13.0. The molecule has 0 aromatic carbocycles. The van der Waals surface area contributed by atoms with Gasteiger partial charge in [-0.05, 0) is 57.1 Å². The third-order valence-corrected chi connectivity index (χ3v) is 7.65. The molecule has 152 valence electrons. The first-order chi connectivity index (χ1) is 13.2. The van der Waals surface area contributed by atoms with Crippen LogP contribution in [0.3, 0.4) is 0 Å². The van der Waals surface area contributed by atoms with Gasteiger partial charge in [-0.2, -0.15) is 0 Å². The zero-order chi connectivity index (χ0) is 18.4. The van der Waals surface area contributed by atoms with Gasteiger partial charge in [0.2, 0.25) is 5.91 Å². The number of aromatic nitrogens is 2. The number of hydrogen-bond donors (Lipinski definition) is 1. The van der Waals surface area contributed by atoms with Crippen molar-refractivity contribution in [2.24, 2.45) is 0 Å². The molecular formula is C20H27ClN4O2S. The summed E-state index contributed by atoms with van der Waals surface area (Å²) in [6, 6.07) is 0.699. The summed E-state index contributed by atoms with van der Waals surface area (Å²) in [5, 5.41) is 4.24. The molecule has 2 unspecified atom stereocenters. The Kier molecular flexibility index (Phi) is 5.76. The number of amides is 1. The lowest BCUT2D eigenvalue weighted by Gasteiger charge is -2.28. The third kappa shape index (κ3) is 3.37. The van der Waals surface area contributed by atoms with Crippen molar-refractivity contribution in [3.63, 3.8) is 0 Å². The monoisotopic (exact) mass is 422 g/mol. The van der Waals surface area contributed by atoms with Crippen molar-refractivity contribution < 1.29 is 4.79 Å². The molecule has 28 heavy (non-hydrogen) atoms. The van der Waals surface area contributed by atoms with Crippen molar-refractivity contribution in [3.8, 4) is 0 Å². The summed E-state index contributed by atoms with van der Waals surface area (Å²) in [6.45, 7) is 2.32. The third-order valence-electron chi connectivity index (χ3n) is 6.45. The summed E-state index contributed by atoms with van der Waals surface area (Å²) in [4.78, 5) is 34.8. The van der Waals surface area contributed by atoms with Crippen LogP contribution in [-0.4, -0.2) is 45.5 Å². The lowest BCUT2D eigenvalue weighted by molar-refractivity contribution is -0.134. The van der Waals surface area contributed by atoms with Gasteiger partial charge in [-0.25, -0.2) is 4.98 Å². The van der Waals surface area contributed by atoms with E-state index < -0.39 is 0 Å². The highest BCUT2D eigenvalue weighted by molar-refractivity contribution is 7.18. The zero-order valence-corrected chi connectivity index (χ0v) is 17.6. The van der Waals surface area contributed by atoms with Crippen LogP contribution in [0.25, 0.3) is 10.2 Å². The van der Waals surface area contributed by atoms with Gasteiger partial charge in [0.25, 0.3) is 5.56 Å². The van der Waals surface area contributed by atoms with Crippen LogP contribution < -0.4 is 10.9 Å². The number of halogens is 1. The molecule has 1 amide bonds. The molecule has 2 saturated heterocycles. The van der Waals surface area contributed by atoms with E-state index >= 15 is 0 Å². The van der Waals surface area contributed by atoms with Crippen LogP contribution >= 0.6 is 23.7 Å². The first-order valence-electron chi connectivity index (χ1n) is 10.2. The Labute approximate surface area is 174 Å². The zero-order valence-electron chi connectivity index (χ0n) is 16.0. The van der Waals surface area contributed by atoms with Crippen molar-refractivity contribution in [1.29, 1.82) is 0 Å². The summed E-state index contributed by atoms with van der Waals surface area (Å²) < 4.78 is 1.65. The highest BCUT2D eigenvalue weighted by Crippen LogP contribution is 2.33. The molecule has 0 saturated carbocycles. The highest BCUT2D eigenvalue weighted by Gasteiger charge is 2.37. The average molecular weight is 423 g/mol. The van der Waals surface area contributed by atoms with Crippen LogP contribution in [0.15, 0.2) is 11.1 Å². The summed E-state index contributed by atoms with van der Waals surface area (Å²) in [6.07, 6.45) is 9.68. The fourth-order valence-corrected chi connectivity index (χ4v) is 6.29. The van der Waals surface area contributed by atoms with E-state index in [0.29, 0.717) is 25.0 Å². The number of rotatable bonds is 3. The Balaban J connectivity index is 0.00000192. The van der Waals surface area contributed by atoms with E-state index in [4.69, 9.17) is 0 Å². The molecule has 8 heteroatoms. The molecule has 2 aromatic rings. The fraction of sp³-hybridized carbons (Fsp3) is 0.650. The smallest absolute Gasteiger partial charge is 0.262 e. The number of fused-ring (bicyclic) bond motifs is 5. The normalized spacial score (nSPS) is 23.9. The van der Waals surface area contributed by atoms with Gasteiger partial charge in [-0.1, -0.05) is 0 Å². The molecule has 1 N–H and O–H groups in total. The number of hydrogen-bond acceptors (Lipinski definition) is 5. The van der Waals surface area contributed by atoms with Crippen molar-refractivity contribution in [1.82, 2.24) is 19.8 Å². The molecule has 2 fully saturated rings. The molecule has 1 aliphatic carbocycles. The second-order valence-electron chi connectivity index (χ2n) is 8.06. The molecule has 6 nitrogen and oxygen atoms in total. The number of nitrogens with zero attached hydrogens (tertiary/aromatic N) is 3. The Morgan fingerprint density at radius 3 is 2.93 bits per heavy atom. The maximum absolute atomic E-state index is 13.0. The Bertz CT molecular complexity index is 926. The van der Waals surface area contributed by atoms with E-state index in [9.17, 15) is 9.59 Å². The molecule has 2 atom stereocenters. The first-order valence-corrected chi connectivity index (χ1v) is 11.1. The first kappa shape index (κ1) is 19.9. The van der Waals surface area contributed by atoms with Gasteiger partial charge in [0.15, 0.2) is 0 Å². The van der Waals surface area contributed by atoms with Crippen molar-refractivity contribution in [2.75, 3.05) is 13.1 Å². The van der Waals surface area contributed by atoms with Crippen molar-refractivity contribution >= 4 is 39.9 Å². The van der Waals surface area contributed by atoms with E-state index in [1.807, 2.05) is 0 Å². The number of thiophene rings is 1. The van der Waals surface area contributed by atoms with E-state index in [0.717, 1.165) is 61.8 Å². The number of carbonyl (C=O) groups is 1. The molecule has 2 aromatic heterocycles. The summed E-state index contributed by atoms with van der Waals surface area (Å²) >= 11 is 1.67. The van der Waals surface area contributed by atoms with Crippen LogP contribution in [0.2, 0.25) is 0 Å². The summed E-state index contributed by atoms with van der Waals surface area (Å²) in [5.74, 6) is 0.186. The Morgan fingerprint density at radius 2 is 2.04 bits per heavy atom. The molecule has 3 aliphatic rings. The molecular weight excluding hydrogens is 396 g/mol. The van der Waals surface area contributed by atoms with Crippen LogP contribution in [0.1, 0.15) is 49.0 Å². The predicted octanol–water partition coefficient (Wildman–Crippen LogP) is 2.50. The Hall–Kier alpha value is -1.44. The lowest BCUT2D eigenvalue weighted by Crippen LogP contribution is -2.43. The lowest BCUT2D eigenvalue weighted by atomic mass is 9.97. The minimum Gasteiger partial charge on any atom is -0.335 e. The van der Waals surface area contributed by atoms with E-state index in [1.165, 1.54) is 16.9 Å². The summed E-state index contributed by atoms with van der Waals surface area (Å²) in [7, 11) is 0. The van der Waals surface area contributed by atoms with Gasteiger partial charge in [-0.15, -0.1) is 23.7 Å². The SMILES string of the molecule is Cl.O=C(CCn1cnc2sc3c(c2c1=O)CCCC3)N1C2CCNCC1CC2. The fourth-order valence-electron chi connectivity index (χ4n) is 5.08. The number of aryl methyl sites for hydroxylation is 3. The van der Waals surface area contributed by atoms with Crippen molar-refractivity contribution in [2.45, 2.75) is 70.0 Å². The van der Waals surface area contributed by atoms with Gasteiger partial charge in [-0.3, -0.25) is 14.2 Å². The van der Waals surface area contributed by atoms with E-state index in [-0.39, 0.29) is 23.9 Å². The van der Waals surface area contributed by atoms with Gasteiger partial charge in [0.05, 0.1) is 11.7 Å².